The van der Waals surface area contributed by atoms with Crippen LogP contribution in [0.1, 0.15) is 36.7 Å². The molecule has 4 heteroatoms. The lowest BCUT2D eigenvalue weighted by Crippen LogP contribution is -2.41. The lowest BCUT2D eigenvalue weighted by molar-refractivity contribution is 0.0927. The summed E-state index contributed by atoms with van der Waals surface area (Å²) in [4.78, 5) is 14.3. The second-order valence-electron chi connectivity index (χ2n) is 4.88. The van der Waals surface area contributed by atoms with E-state index in [2.05, 4.69) is 24.1 Å². The molecule has 1 unspecified atom stereocenters. The topological polar surface area (TPSA) is 52.6 Å². The number of aromatic hydroxyl groups is 1. The summed E-state index contributed by atoms with van der Waals surface area (Å²) in [6.07, 6.45) is 0. The molecule has 0 spiro atoms. The molecule has 1 rings (SSSR count). The zero-order valence-corrected chi connectivity index (χ0v) is 12.2. The van der Waals surface area contributed by atoms with Crippen LogP contribution in [0.15, 0.2) is 18.2 Å². The fraction of sp³-hybridized carbons (Fsp3) is 0.533. The van der Waals surface area contributed by atoms with Crippen molar-refractivity contribution in [3.05, 3.63) is 29.3 Å². The number of phenols is 1. The van der Waals surface area contributed by atoms with Crippen molar-refractivity contribution < 1.29 is 9.90 Å². The van der Waals surface area contributed by atoms with Gasteiger partial charge in [-0.15, -0.1) is 0 Å². The lowest BCUT2D eigenvalue weighted by atomic mass is 10.1. The molecule has 0 aromatic heterocycles. The smallest absolute Gasteiger partial charge is 0.255 e. The molecule has 0 bridgehead atoms. The monoisotopic (exact) mass is 264 g/mol. The Balaban J connectivity index is 2.66. The van der Waals surface area contributed by atoms with Crippen molar-refractivity contribution in [1.82, 2.24) is 10.2 Å². The fourth-order valence-corrected chi connectivity index (χ4v) is 2.05. The second-order valence-corrected chi connectivity index (χ2v) is 4.88. The standard InChI is InChI=1S/C15H24N2O2/c1-5-17(6-2)10-12(4)16-15(19)13-9-11(3)7-8-14(13)18/h7-9,12,18H,5-6,10H2,1-4H3,(H,16,19). The van der Waals surface area contributed by atoms with Crippen LogP contribution in [0.4, 0.5) is 0 Å². The minimum Gasteiger partial charge on any atom is -0.507 e. The van der Waals surface area contributed by atoms with Crippen LogP contribution in [0.3, 0.4) is 0 Å². The fourth-order valence-electron chi connectivity index (χ4n) is 2.05. The maximum atomic E-state index is 12.1. The van der Waals surface area contributed by atoms with Crippen molar-refractivity contribution in [3.63, 3.8) is 0 Å². The highest BCUT2D eigenvalue weighted by Crippen LogP contribution is 2.18. The van der Waals surface area contributed by atoms with Gasteiger partial charge in [-0.25, -0.2) is 0 Å². The van der Waals surface area contributed by atoms with E-state index in [9.17, 15) is 9.90 Å². The molecule has 1 aromatic rings. The van der Waals surface area contributed by atoms with Gasteiger partial charge in [-0.2, -0.15) is 0 Å². The average Bonchev–Trinajstić information content (AvgIpc) is 2.38. The molecule has 1 amide bonds. The van der Waals surface area contributed by atoms with Crippen LogP contribution in [-0.4, -0.2) is 41.6 Å². The molecule has 2 N–H and O–H groups in total. The van der Waals surface area contributed by atoms with Crippen molar-refractivity contribution >= 4 is 5.91 Å². The van der Waals surface area contributed by atoms with Crippen molar-refractivity contribution in [3.8, 4) is 5.75 Å². The predicted octanol–water partition coefficient (Wildman–Crippen LogP) is 2.16. The molecular formula is C15H24N2O2. The lowest BCUT2D eigenvalue weighted by Gasteiger charge is -2.23. The summed E-state index contributed by atoms with van der Waals surface area (Å²) in [7, 11) is 0. The second kappa shape index (κ2) is 7.14. The highest BCUT2D eigenvalue weighted by atomic mass is 16.3. The number of aryl methyl sites for hydroxylation is 1. The zero-order valence-electron chi connectivity index (χ0n) is 12.2. The molecule has 0 heterocycles. The quantitative estimate of drug-likeness (QED) is 0.828. The summed E-state index contributed by atoms with van der Waals surface area (Å²) in [5, 5.41) is 12.6. The summed E-state index contributed by atoms with van der Waals surface area (Å²) in [5.74, 6) is -0.195. The van der Waals surface area contributed by atoms with Gasteiger partial charge in [0.05, 0.1) is 5.56 Å². The first-order valence-electron chi connectivity index (χ1n) is 6.80. The Hall–Kier alpha value is -1.55. The van der Waals surface area contributed by atoms with Crippen LogP contribution in [0.2, 0.25) is 0 Å². The molecule has 0 saturated heterocycles. The third kappa shape index (κ3) is 4.56. The molecule has 0 aliphatic rings. The van der Waals surface area contributed by atoms with Crippen LogP contribution in [0, 0.1) is 6.92 Å². The van der Waals surface area contributed by atoms with E-state index < -0.39 is 0 Å². The number of rotatable bonds is 6. The highest BCUT2D eigenvalue weighted by molar-refractivity contribution is 5.97. The summed E-state index contributed by atoms with van der Waals surface area (Å²) in [6, 6.07) is 5.09. The molecule has 106 valence electrons. The van der Waals surface area contributed by atoms with Gasteiger partial charge in [0.2, 0.25) is 0 Å². The van der Waals surface area contributed by atoms with Gasteiger partial charge in [-0.3, -0.25) is 4.79 Å². The minimum atomic E-state index is -0.221. The number of nitrogens with zero attached hydrogens (tertiary/aromatic N) is 1. The first-order valence-corrected chi connectivity index (χ1v) is 6.80. The van der Waals surface area contributed by atoms with E-state index in [-0.39, 0.29) is 17.7 Å². The van der Waals surface area contributed by atoms with E-state index in [0.717, 1.165) is 25.2 Å². The molecule has 0 aliphatic heterocycles. The summed E-state index contributed by atoms with van der Waals surface area (Å²) in [6.45, 7) is 10.8. The van der Waals surface area contributed by atoms with Crippen LogP contribution >= 0.6 is 0 Å². The third-order valence-electron chi connectivity index (χ3n) is 3.20. The molecule has 1 aromatic carbocycles. The predicted molar refractivity (Wildman–Crippen MR) is 77.6 cm³/mol. The Morgan fingerprint density at radius 1 is 1.37 bits per heavy atom. The molecule has 0 radical (unpaired) electrons. The number of carbonyl (C=O) groups excluding carboxylic acids is 1. The van der Waals surface area contributed by atoms with E-state index >= 15 is 0 Å². The molecule has 0 fully saturated rings. The molecule has 19 heavy (non-hydrogen) atoms. The Kier molecular flexibility index (Phi) is 5.83. The van der Waals surface area contributed by atoms with Gasteiger partial charge in [0.1, 0.15) is 5.75 Å². The maximum Gasteiger partial charge on any atom is 0.255 e. The minimum absolute atomic E-state index is 0.0261. The van der Waals surface area contributed by atoms with Gasteiger partial charge in [-0.1, -0.05) is 25.5 Å². The summed E-state index contributed by atoms with van der Waals surface area (Å²) in [5.41, 5.74) is 1.30. The van der Waals surface area contributed by atoms with E-state index in [1.807, 2.05) is 13.8 Å². The highest BCUT2D eigenvalue weighted by Gasteiger charge is 2.15. The van der Waals surface area contributed by atoms with Crippen molar-refractivity contribution in [2.45, 2.75) is 33.7 Å². The molecule has 4 nitrogen and oxygen atoms in total. The number of benzene rings is 1. The number of hydrogen-bond donors (Lipinski definition) is 2. The van der Waals surface area contributed by atoms with Crippen molar-refractivity contribution in [2.24, 2.45) is 0 Å². The molecule has 1 atom stereocenters. The van der Waals surface area contributed by atoms with E-state index in [0.29, 0.717) is 5.56 Å². The Morgan fingerprint density at radius 3 is 2.58 bits per heavy atom. The summed E-state index contributed by atoms with van der Waals surface area (Å²) < 4.78 is 0. The number of hydrogen-bond acceptors (Lipinski definition) is 3. The van der Waals surface area contributed by atoms with Crippen LogP contribution < -0.4 is 5.32 Å². The SMILES string of the molecule is CCN(CC)CC(C)NC(=O)c1cc(C)ccc1O. The normalized spacial score (nSPS) is 12.5. The van der Waals surface area contributed by atoms with Gasteiger partial charge in [-0.05, 0) is 39.1 Å². The first-order chi connectivity index (χ1) is 8.97. The van der Waals surface area contributed by atoms with E-state index in [4.69, 9.17) is 0 Å². The number of amides is 1. The van der Waals surface area contributed by atoms with Crippen LogP contribution in [-0.2, 0) is 0 Å². The van der Waals surface area contributed by atoms with Crippen molar-refractivity contribution in [1.29, 1.82) is 0 Å². The van der Waals surface area contributed by atoms with Gasteiger partial charge < -0.3 is 15.3 Å². The van der Waals surface area contributed by atoms with Crippen LogP contribution in [0.25, 0.3) is 0 Å². The third-order valence-corrected chi connectivity index (χ3v) is 3.20. The van der Waals surface area contributed by atoms with Crippen molar-refractivity contribution in [2.75, 3.05) is 19.6 Å². The van der Waals surface area contributed by atoms with Gasteiger partial charge in [0.15, 0.2) is 0 Å². The molecular weight excluding hydrogens is 240 g/mol. The number of nitrogens with one attached hydrogen (secondary N) is 1. The molecule has 0 aliphatic carbocycles. The Morgan fingerprint density at radius 2 is 2.00 bits per heavy atom. The Labute approximate surface area is 115 Å². The van der Waals surface area contributed by atoms with Crippen LogP contribution in [0.5, 0.6) is 5.75 Å². The van der Waals surface area contributed by atoms with Gasteiger partial charge >= 0.3 is 0 Å². The largest absolute Gasteiger partial charge is 0.507 e. The Bertz CT molecular complexity index is 428. The van der Waals surface area contributed by atoms with E-state index in [1.54, 1.807) is 18.2 Å². The number of carbonyl (C=O) groups is 1. The number of phenolic OH excluding ortho intramolecular Hbond substituents is 1. The van der Waals surface area contributed by atoms with E-state index in [1.165, 1.54) is 0 Å². The first kappa shape index (κ1) is 15.5. The summed E-state index contributed by atoms with van der Waals surface area (Å²) >= 11 is 0. The average molecular weight is 264 g/mol. The number of likely N-dealkylation sites (N-methyl/N-ethyl adjacent to an activating group) is 1. The maximum absolute atomic E-state index is 12.1. The van der Waals surface area contributed by atoms with Gasteiger partial charge in [0, 0.05) is 12.6 Å². The van der Waals surface area contributed by atoms with Gasteiger partial charge in [0.25, 0.3) is 5.91 Å². The molecule has 0 saturated carbocycles. The zero-order chi connectivity index (χ0) is 14.4.